The van der Waals surface area contributed by atoms with Crippen molar-refractivity contribution < 1.29 is 9.53 Å². The molecule has 4 bridgehead atoms. The van der Waals surface area contributed by atoms with Crippen molar-refractivity contribution in [3.8, 4) is 0 Å². The highest BCUT2D eigenvalue weighted by molar-refractivity contribution is 5.83. The molecule has 27 heavy (non-hydrogen) atoms. The van der Waals surface area contributed by atoms with Crippen LogP contribution in [0.3, 0.4) is 0 Å². The molecular formula is C23H32N2O2. The molecule has 0 aromatic heterocycles. The first-order valence-corrected chi connectivity index (χ1v) is 10.9. The highest BCUT2D eigenvalue weighted by Crippen LogP contribution is 2.60. The topological polar surface area (TPSA) is 41.6 Å². The van der Waals surface area contributed by atoms with Gasteiger partial charge in [0.1, 0.15) is 0 Å². The number of hydrogen-bond donors (Lipinski definition) is 1. The van der Waals surface area contributed by atoms with Gasteiger partial charge in [0.15, 0.2) is 0 Å². The number of anilines is 1. The molecule has 0 spiro atoms. The van der Waals surface area contributed by atoms with Gasteiger partial charge in [0.05, 0.1) is 13.2 Å². The first kappa shape index (κ1) is 17.5. The molecule has 4 aliphatic carbocycles. The minimum absolute atomic E-state index is 0.0189. The normalized spacial score (nSPS) is 34.7. The van der Waals surface area contributed by atoms with Crippen LogP contribution < -0.4 is 10.2 Å². The molecule has 1 saturated heterocycles. The maximum absolute atomic E-state index is 13.0. The lowest BCUT2D eigenvalue weighted by Crippen LogP contribution is -2.53. The molecule has 0 radical (unpaired) electrons. The molecule has 1 aromatic rings. The van der Waals surface area contributed by atoms with Gasteiger partial charge in [-0.05, 0) is 80.4 Å². The quantitative estimate of drug-likeness (QED) is 0.866. The number of benzene rings is 1. The Morgan fingerprint density at radius 1 is 1.00 bits per heavy atom. The number of hydrogen-bond acceptors (Lipinski definition) is 3. The zero-order valence-corrected chi connectivity index (χ0v) is 16.3. The third kappa shape index (κ3) is 3.49. The number of carbonyl (C=O) groups excluding carboxylic acids is 1. The van der Waals surface area contributed by atoms with Crippen molar-refractivity contribution in [3.05, 3.63) is 29.8 Å². The fourth-order valence-corrected chi connectivity index (χ4v) is 6.59. The smallest absolute Gasteiger partial charge is 0.226 e. The Balaban J connectivity index is 1.14. The average Bonchev–Trinajstić information content (AvgIpc) is 2.68. The van der Waals surface area contributed by atoms with E-state index in [1.807, 2.05) is 0 Å². The molecule has 4 saturated carbocycles. The summed E-state index contributed by atoms with van der Waals surface area (Å²) in [5.74, 6) is 2.84. The Morgan fingerprint density at radius 3 is 2.19 bits per heavy atom. The molecule has 5 aliphatic rings. The predicted molar refractivity (Wildman–Crippen MR) is 107 cm³/mol. The van der Waals surface area contributed by atoms with Crippen LogP contribution in [0.15, 0.2) is 24.3 Å². The number of carbonyl (C=O) groups is 1. The summed E-state index contributed by atoms with van der Waals surface area (Å²) in [6.07, 6.45) is 8.55. The molecule has 4 nitrogen and oxygen atoms in total. The van der Waals surface area contributed by atoms with Crippen LogP contribution in [0.1, 0.15) is 44.1 Å². The zero-order valence-electron chi connectivity index (χ0n) is 16.3. The maximum Gasteiger partial charge on any atom is 0.226 e. The predicted octanol–water partition coefficient (Wildman–Crippen LogP) is 3.40. The fourth-order valence-electron chi connectivity index (χ4n) is 6.59. The molecule has 0 unspecified atom stereocenters. The summed E-state index contributed by atoms with van der Waals surface area (Å²) in [6.45, 7) is 4.34. The molecule has 1 heterocycles. The van der Waals surface area contributed by atoms with E-state index in [9.17, 15) is 4.79 Å². The van der Waals surface area contributed by atoms with Crippen LogP contribution in [0.25, 0.3) is 0 Å². The van der Waals surface area contributed by atoms with E-state index in [-0.39, 0.29) is 5.41 Å². The Labute approximate surface area is 162 Å². The third-order valence-electron chi connectivity index (χ3n) is 7.53. The molecule has 5 fully saturated rings. The SMILES string of the molecule is O=C(NCCc1ccc(N2CCOCC2)cc1)C12CC3CC(CC(C3)C1)C2. The van der Waals surface area contributed by atoms with E-state index >= 15 is 0 Å². The second-order valence-corrected chi connectivity index (χ2v) is 9.47. The largest absolute Gasteiger partial charge is 0.378 e. The minimum atomic E-state index is -0.0189. The summed E-state index contributed by atoms with van der Waals surface area (Å²) in [6, 6.07) is 8.84. The molecule has 1 aromatic carbocycles. The lowest BCUT2D eigenvalue weighted by Gasteiger charge is -2.55. The van der Waals surface area contributed by atoms with Gasteiger partial charge in [-0.3, -0.25) is 4.79 Å². The summed E-state index contributed by atoms with van der Waals surface area (Å²) >= 11 is 0. The van der Waals surface area contributed by atoms with Gasteiger partial charge < -0.3 is 15.0 Å². The van der Waals surface area contributed by atoms with E-state index in [4.69, 9.17) is 4.74 Å². The molecule has 146 valence electrons. The monoisotopic (exact) mass is 368 g/mol. The fraction of sp³-hybridized carbons (Fsp3) is 0.696. The van der Waals surface area contributed by atoms with Crippen LogP contribution in [-0.4, -0.2) is 38.8 Å². The van der Waals surface area contributed by atoms with Gasteiger partial charge in [-0.15, -0.1) is 0 Å². The van der Waals surface area contributed by atoms with Gasteiger partial charge >= 0.3 is 0 Å². The van der Waals surface area contributed by atoms with Crippen LogP contribution >= 0.6 is 0 Å². The Hall–Kier alpha value is -1.55. The van der Waals surface area contributed by atoms with Crippen molar-refractivity contribution in [2.75, 3.05) is 37.7 Å². The molecular weight excluding hydrogens is 336 g/mol. The first-order valence-electron chi connectivity index (χ1n) is 10.9. The number of nitrogens with zero attached hydrogens (tertiary/aromatic N) is 1. The van der Waals surface area contributed by atoms with Crippen molar-refractivity contribution >= 4 is 11.6 Å². The van der Waals surface area contributed by atoms with Crippen LogP contribution in [0, 0.1) is 23.2 Å². The summed E-state index contributed by atoms with van der Waals surface area (Å²) in [7, 11) is 0. The number of ether oxygens (including phenoxy) is 1. The maximum atomic E-state index is 13.0. The van der Waals surface area contributed by atoms with Crippen LogP contribution in [0.4, 0.5) is 5.69 Å². The van der Waals surface area contributed by atoms with Crippen molar-refractivity contribution in [2.24, 2.45) is 23.2 Å². The van der Waals surface area contributed by atoms with E-state index in [1.165, 1.54) is 30.5 Å². The number of amides is 1. The summed E-state index contributed by atoms with van der Waals surface area (Å²) in [5, 5.41) is 3.30. The lowest BCUT2D eigenvalue weighted by atomic mass is 9.49. The Morgan fingerprint density at radius 2 is 1.59 bits per heavy atom. The highest BCUT2D eigenvalue weighted by atomic mass is 16.5. The van der Waals surface area contributed by atoms with E-state index < -0.39 is 0 Å². The lowest BCUT2D eigenvalue weighted by molar-refractivity contribution is -0.146. The molecule has 0 atom stereocenters. The highest BCUT2D eigenvalue weighted by Gasteiger charge is 2.54. The van der Waals surface area contributed by atoms with E-state index in [0.717, 1.165) is 76.3 Å². The second-order valence-electron chi connectivity index (χ2n) is 9.47. The van der Waals surface area contributed by atoms with Crippen molar-refractivity contribution in [3.63, 3.8) is 0 Å². The molecule has 6 rings (SSSR count). The van der Waals surface area contributed by atoms with Crippen molar-refractivity contribution in [2.45, 2.75) is 44.9 Å². The summed E-state index contributed by atoms with van der Waals surface area (Å²) in [4.78, 5) is 15.4. The Bertz CT molecular complexity index is 643. The van der Waals surface area contributed by atoms with Gasteiger partial charge in [-0.1, -0.05) is 12.1 Å². The summed E-state index contributed by atoms with van der Waals surface area (Å²) < 4.78 is 5.43. The second kappa shape index (κ2) is 7.12. The zero-order chi connectivity index (χ0) is 18.3. The first-order chi connectivity index (χ1) is 13.2. The van der Waals surface area contributed by atoms with E-state index in [1.54, 1.807) is 0 Å². The van der Waals surface area contributed by atoms with Crippen molar-refractivity contribution in [1.29, 1.82) is 0 Å². The Kier molecular flexibility index (Phi) is 4.63. The molecule has 1 N–H and O–H groups in total. The molecule has 1 aliphatic heterocycles. The minimum Gasteiger partial charge on any atom is -0.378 e. The van der Waals surface area contributed by atoms with E-state index in [0.29, 0.717) is 5.91 Å². The van der Waals surface area contributed by atoms with Gasteiger partial charge in [0.2, 0.25) is 5.91 Å². The molecule has 4 heteroatoms. The van der Waals surface area contributed by atoms with Crippen LogP contribution in [0.5, 0.6) is 0 Å². The van der Waals surface area contributed by atoms with E-state index in [2.05, 4.69) is 34.5 Å². The average molecular weight is 369 g/mol. The number of rotatable bonds is 5. The van der Waals surface area contributed by atoms with Crippen LogP contribution in [-0.2, 0) is 16.0 Å². The molecule has 1 amide bonds. The van der Waals surface area contributed by atoms with Crippen LogP contribution in [0.2, 0.25) is 0 Å². The van der Waals surface area contributed by atoms with Gasteiger partial charge in [0.25, 0.3) is 0 Å². The standard InChI is InChI=1S/C23H32N2O2/c26-22(23-14-18-11-19(15-23)13-20(12-18)16-23)24-6-5-17-1-3-21(4-2-17)25-7-9-27-10-8-25/h1-4,18-20H,5-16H2,(H,24,26). The van der Waals surface area contributed by atoms with Gasteiger partial charge in [-0.2, -0.15) is 0 Å². The van der Waals surface area contributed by atoms with Gasteiger partial charge in [-0.25, -0.2) is 0 Å². The third-order valence-corrected chi connectivity index (χ3v) is 7.53. The summed E-state index contributed by atoms with van der Waals surface area (Å²) in [5.41, 5.74) is 2.56. The van der Waals surface area contributed by atoms with Crippen molar-refractivity contribution in [1.82, 2.24) is 5.32 Å². The number of nitrogens with one attached hydrogen (secondary N) is 1. The van der Waals surface area contributed by atoms with Gasteiger partial charge in [0, 0.05) is 30.7 Å². The number of morpholine rings is 1.